The third-order valence-corrected chi connectivity index (χ3v) is 7.53. The molecule has 0 radical (unpaired) electrons. The Morgan fingerprint density at radius 2 is 1.67 bits per heavy atom. The predicted molar refractivity (Wildman–Crippen MR) is 157 cm³/mol. The zero-order chi connectivity index (χ0) is 27.5. The number of nitrogens with one attached hydrogen (secondary N) is 1. The molecule has 1 fully saturated rings. The molecular formula is C33H39ClN2O3. The molecule has 3 aromatic rings. The fraction of sp³-hybridized carbons (Fsp3) is 0.394. The van der Waals surface area contributed by atoms with Crippen molar-refractivity contribution in [1.29, 1.82) is 0 Å². The molecule has 206 valence electrons. The molecule has 1 aliphatic rings. The van der Waals surface area contributed by atoms with Gasteiger partial charge in [-0.15, -0.1) is 0 Å². The molecule has 1 N–H and O–H groups in total. The Bertz CT molecular complexity index is 1190. The number of ether oxygens (including phenoxy) is 1. The summed E-state index contributed by atoms with van der Waals surface area (Å²) in [6, 6.07) is 24.9. The zero-order valence-corrected chi connectivity index (χ0v) is 23.5. The highest BCUT2D eigenvalue weighted by Gasteiger charge is 2.31. The summed E-state index contributed by atoms with van der Waals surface area (Å²) in [6.45, 7) is 2.83. The summed E-state index contributed by atoms with van der Waals surface area (Å²) in [5.41, 5.74) is 3.18. The van der Waals surface area contributed by atoms with Crippen LogP contribution in [0.3, 0.4) is 0 Å². The minimum absolute atomic E-state index is 0.0454. The van der Waals surface area contributed by atoms with E-state index in [1.54, 1.807) is 17.0 Å². The number of nitrogens with zero attached hydrogens (tertiary/aromatic N) is 1. The lowest BCUT2D eigenvalue weighted by molar-refractivity contribution is -0.141. The van der Waals surface area contributed by atoms with Gasteiger partial charge in [-0.2, -0.15) is 0 Å². The van der Waals surface area contributed by atoms with Crippen LogP contribution in [0.4, 0.5) is 0 Å². The van der Waals surface area contributed by atoms with E-state index < -0.39 is 6.04 Å². The highest BCUT2D eigenvalue weighted by atomic mass is 35.5. The molecule has 4 rings (SSSR count). The first kappa shape index (κ1) is 28.7. The fourth-order valence-electron chi connectivity index (χ4n) is 5.19. The van der Waals surface area contributed by atoms with E-state index in [9.17, 15) is 9.59 Å². The van der Waals surface area contributed by atoms with Crippen LogP contribution in [0.5, 0.6) is 5.75 Å². The van der Waals surface area contributed by atoms with E-state index in [0.717, 1.165) is 48.1 Å². The van der Waals surface area contributed by atoms with Crippen molar-refractivity contribution in [3.8, 4) is 5.75 Å². The first-order chi connectivity index (χ1) is 19.0. The molecule has 0 unspecified atom stereocenters. The van der Waals surface area contributed by atoms with Gasteiger partial charge in [0.2, 0.25) is 11.8 Å². The van der Waals surface area contributed by atoms with Crippen LogP contribution in [0.25, 0.3) is 0 Å². The van der Waals surface area contributed by atoms with Crippen LogP contribution in [0.15, 0.2) is 78.9 Å². The van der Waals surface area contributed by atoms with E-state index in [2.05, 4.69) is 11.4 Å². The van der Waals surface area contributed by atoms with Crippen LogP contribution >= 0.6 is 11.6 Å². The van der Waals surface area contributed by atoms with Gasteiger partial charge in [0.05, 0.1) is 6.61 Å². The van der Waals surface area contributed by atoms with E-state index in [4.69, 9.17) is 16.3 Å². The number of rotatable bonds is 12. The summed E-state index contributed by atoms with van der Waals surface area (Å²) in [7, 11) is 0. The van der Waals surface area contributed by atoms with Gasteiger partial charge in [-0.05, 0) is 61.6 Å². The molecule has 0 spiro atoms. The molecule has 6 heteroatoms. The van der Waals surface area contributed by atoms with Crippen LogP contribution in [0.2, 0.25) is 5.02 Å². The molecule has 39 heavy (non-hydrogen) atoms. The number of carbonyl (C=O) groups excluding carboxylic acids is 2. The third-order valence-electron chi connectivity index (χ3n) is 7.28. The van der Waals surface area contributed by atoms with Gasteiger partial charge in [0.25, 0.3) is 0 Å². The number of amides is 2. The Morgan fingerprint density at radius 3 is 2.38 bits per heavy atom. The Balaban J connectivity index is 1.51. The number of carbonyl (C=O) groups is 2. The maximum Gasteiger partial charge on any atom is 0.243 e. The molecule has 1 aliphatic carbocycles. The number of benzene rings is 3. The average molecular weight is 547 g/mol. The fourth-order valence-corrected chi connectivity index (χ4v) is 5.32. The van der Waals surface area contributed by atoms with Gasteiger partial charge in [0.1, 0.15) is 11.8 Å². The Hall–Kier alpha value is -3.31. The molecule has 1 atom stereocenters. The van der Waals surface area contributed by atoms with Crippen LogP contribution in [0, 0.1) is 6.92 Å². The predicted octanol–water partition coefficient (Wildman–Crippen LogP) is 6.90. The highest BCUT2D eigenvalue weighted by molar-refractivity contribution is 6.30. The smallest absolute Gasteiger partial charge is 0.243 e. The maximum absolute atomic E-state index is 13.8. The van der Waals surface area contributed by atoms with Crippen molar-refractivity contribution in [3.63, 3.8) is 0 Å². The number of halogens is 1. The van der Waals surface area contributed by atoms with Crippen LogP contribution in [0.1, 0.15) is 61.6 Å². The topological polar surface area (TPSA) is 58.6 Å². The van der Waals surface area contributed by atoms with Crippen molar-refractivity contribution in [1.82, 2.24) is 10.2 Å². The lowest BCUT2D eigenvalue weighted by Crippen LogP contribution is -2.52. The summed E-state index contributed by atoms with van der Waals surface area (Å²) >= 11 is 5.96. The molecule has 3 aromatic carbocycles. The summed E-state index contributed by atoms with van der Waals surface area (Å²) < 4.78 is 5.82. The molecule has 0 aliphatic heterocycles. The summed E-state index contributed by atoms with van der Waals surface area (Å²) in [5, 5.41) is 3.95. The van der Waals surface area contributed by atoms with Crippen molar-refractivity contribution in [2.75, 3.05) is 6.61 Å². The first-order valence-corrected chi connectivity index (χ1v) is 14.4. The Kier molecular flexibility index (Phi) is 10.8. The van der Waals surface area contributed by atoms with E-state index in [0.29, 0.717) is 37.4 Å². The van der Waals surface area contributed by atoms with E-state index in [-0.39, 0.29) is 17.9 Å². The van der Waals surface area contributed by atoms with Crippen molar-refractivity contribution in [3.05, 3.63) is 101 Å². The van der Waals surface area contributed by atoms with Crippen molar-refractivity contribution < 1.29 is 14.3 Å². The number of hydrogen-bond donors (Lipinski definition) is 1. The highest BCUT2D eigenvalue weighted by Crippen LogP contribution is 2.21. The summed E-state index contributed by atoms with van der Waals surface area (Å²) in [6.07, 6.45) is 6.79. The molecular weight excluding hydrogens is 508 g/mol. The van der Waals surface area contributed by atoms with Gasteiger partial charge in [0.15, 0.2) is 0 Å². The van der Waals surface area contributed by atoms with Gasteiger partial charge in [-0.1, -0.05) is 91.0 Å². The van der Waals surface area contributed by atoms with Gasteiger partial charge in [0, 0.05) is 30.5 Å². The van der Waals surface area contributed by atoms with Gasteiger partial charge in [-0.25, -0.2) is 0 Å². The number of aryl methyl sites for hydroxylation is 1. The largest absolute Gasteiger partial charge is 0.494 e. The Morgan fingerprint density at radius 1 is 0.949 bits per heavy atom. The summed E-state index contributed by atoms with van der Waals surface area (Å²) in [5.74, 6) is 0.609. The van der Waals surface area contributed by atoms with Gasteiger partial charge >= 0.3 is 0 Å². The second kappa shape index (κ2) is 14.7. The van der Waals surface area contributed by atoms with Crippen molar-refractivity contribution in [2.45, 2.75) is 76.9 Å². The molecule has 0 bridgehead atoms. The Labute approximate surface area is 237 Å². The normalized spacial score (nSPS) is 14.4. The van der Waals surface area contributed by atoms with Crippen molar-refractivity contribution >= 4 is 23.4 Å². The lowest BCUT2D eigenvalue weighted by Gasteiger charge is -2.33. The minimum atomic E-state index is -0.598. The molecule has 0 aromatic heterocycles. The van der Waals surface area contributed by atoms with Gasteiger partial charge < -0.3 is 15.0 Å². The zero-order valence-electron chi connectivity index (χ0n) is 22.8. The maximum atomic E-state index is 13.8. The lowest BCUT2D eigenvalue weighted by atomic mass is 9.94. The van der Waals surface area contributed by atoms with E-state index >= 15 is 0 Å². The van der Waals surface area contributed by atoms with Gasteiger partial charge in [-0.3, -0.25) is 9.59 Å². The second-order valence-corrected chi connectivity index (χ2v) is 10.9. The van der Waals surface area contributed by atoms with Crippen molar-refractivity contribution in [2.24, 2.45) is 0 Å². The van der Waals surface area contributed by atoms with Crippen LogP contribution < -0.4 is 10.1 Å². The number of hydrogen-bond acceptors (Lipinski definition) is 3. The minimum Gasteiger partial charge on any atom is -0.494 e. The third kappa shape index (κ3) is 9.14. The van der Waals surface area contributed by atoms with Crippen LogP contribution in [-0.2, 0) is 22.6 Å². The summed E-state index contributed by atoms with van der Waals surface area (Å²) in [4.78, 5) is 29.4. The quantitative estimate of drug-likeness (QED) is 0.251. The van der Waals surface area contributed by atoms with E-state index in [1.165, 1.54) is 6.42 Å². The molecule has 0 heterocycles. The SMILES string of the molecule is Cc1cccc(CN(C(=O)CCCOc2ccc(Cl)cc2)[C@H](Cc2ccccc2)C(=O)NC2CCCCC2)c1. The molecule has 0 saturated heterocycles. The first-order valence-electron chi connectivity index (χ1n) is 14.1. The molecule has 2 amide bonds. The monoisotopic (exact) mass is 546 g/mol. The molecule has 1 saturated carbocycles. The van der Waals surface area contributed by atoms with E-state index in [1.807, 2.05) is 67.6 Å². The standard InChI is InChI=1S/C33H39ClN2O3/c1-25-10-8-13-27(22-25)24-36(32(37)16-9-21-39-30-19-17-28(34)18-20-30)31(23-26-11-4-2-5-12-26)33(38)35-29-14-6-3-7-15-29/h2,4-5,8,10-13,17-20,22,29,31H,3,6-7,9,14-16,21,23-24H2,1H3,(H,35,38)/t31-/m1/s1. The molecule has 5 nitrogen and oxygen atoms in total. The second-order valence-electron chi connectivity index (χ2n) is 10.5. The average Bonchev–Trinajstić information content (AvgIpc) is 2.95. The van der Waals surface area contributed by atoms with Crippen LogP contribution in [-0.4, -0.2) is 35.4 Å².